The van der Waals surface area contributed by atoms with Gasteiger partial charge in [0.1, 0.15) is 0 Å². The van der Waals surface area contributed by atoms with E-state index in [1.165, 1.54) is 36.4 Å². The molecule has 0 spiro atoms. The maximum absolute atomic E-state index is 12.3. The lowest BCUT2D eigenvalue weighted by molar-refractivity contribution is -0.136. The van der Waals surface area contributed by atoms with Gasteiger partial charge < -0.3 is 14.6 Å². The fourth-order valence-electron chi connectivity index (χ4n) is 2.37. The number of nitrogens with one attached hydrogen (secondary N) is 2. The highest BCUT2D eigenvalue weighted by Gasteiger charge is 2.19. The summed E-state index contributed by atoms with van der Waals surface area (Å²) in [4.78, 5) is 24.7. The molecular weight excluding hydrogens is 376 g/mol. The van der Waals surface area contributed by atoms with Crippen molar-refractivity contribution in [2.24, 2.45) is 0 Å². The highest BCUT2D eigenvalue weighted by molar-refractivity contribution is 7.89. The number of carbonyl (C=O) groups is 2. The number of carboxylic acid groups (broad SMARTS) is 1. The maximum atomic E-state index is 12.3. The molecule has 0 unspecified atom stereocenters. The number of carboxylic acids is 1. The summed E-state index contributed by atoms with van der Waals surface area (Å²) in [5.41, 5.74) is 3.03. The second-order valence-corrected chi connectivity index (χ2v) is 7.35. The molecule has 0 aliphatic carbocycles. The number of sulfonamides is 1. The minimum Gasteiger partial charge on any atom is -0.481 e. The number of ether oxygens (including phenoxy) is 2. The number of aliphatic carboxylic acids is 1. The van der Waals surface area contributed by atoms with Crippen LogP contribution in [0.3, 0.4) is 0 Å². The van der Waals surface area contributed by atoms with Crippen LogP contribution < -0.4 is 19.7 Å². The molecule has 10 heteroatoms. The van der Waals surface area contributed by atoms with Crippen LogP contribution in [0.4, 0.5) is 0 Å². The molecule has 0 saturated heterocycles. The summed E-state index contributed by atoms with van der Waals surface area (Å²) in [7, 11) is -3.98. The van der Waals surface area contributed by atoms with Gasteiger partial charge in [0, 0.05) is 12.0 Å². The summed E-state index contributed by atoms with van der Waals surface area (Å²) in [6, 6.07) is 10.2. The summed E-state index contributed by atoms with van der Waals surface area (Å²) in [6.45, 7) is 0.0650. The molecule has 0 bridgehead atoms. The van der Waals surface area contributed by atoms with Crippen molar-refractivity contribution in [3.05, 3.63) is 53.6 Å². The second-order valence-electron chi connectivity index (χ2n) is 5.67. The molecule has 0 aromatic heterocycles. The average Bonchev–Trinajstić information content (AvgIpc) is 3.12. The fraction of sp³-hybridized carbons (Fsp3) is 0.176. The van der Waals surface area contributed by atoms with E-state index in [4.69, 9.17) is 14.6 Å². The Labute approximate surface area is 154 Å². The van der Waals surface area contributed by atoms with E-state index in [0.717, 1.165) is 0 Å². The molecule has 3 N–H and O–H groups in total. The van der Waals surface area contributed by atoms with Crippen LogP contribution in [0.25, 0.3) is 0 Å². The molecule has 2 aromatic rings. The van der Waals surface area contributed by atoms with Gasteiger partial charge in [-0.15, -0.1) is 4.83 Å². The van der Waals surface area contributed by atoms with E-state index in [0.29, 0.717) is 23.5 Å². The lowest BCUT2D eigenvalue weighted by atomic mass is 10.1. The van der Waals surface area contributed by atoms with Crippen LogP contribution in [0.2, 0.25) is 0 Å². The number of carbonyl (C=O) groups excluding carboxylic acids is 1. The SMILES string of the molecule is O=C(O)CCc1ccc(S(=O)(=O)NNC(=O)c2ccc3c(c2)OCO3)cc1. The van der Waals surface area contributed by atoms with E-state index in [9.17, 15) is 18.0 Å². The Kier molecular flexibility index (Phi) is 5.28. The molecule has 2 aromatic carbocycles. The zero-order chi connectivity index (χ0) is 19.4. The number of amides is 1. The molecule has 0 fully saturated rings. The van der Waals surface area contributed by atoms with Crippen LogP contribution in [0.5, 0.6) is 11.5 Å². The summed E-state index contributed by atoms with van der Waals surface area (Å²) < 4.78 is 34.9. The van der Waals surface area contributed by atoms with E-state index in [2.05, 4.69) is 5.43 Å². The van der Waals surface area contributed by atoms with Crippen LogP contribution in [0.1, 0.15) is 22.3 Å². The Morgan fingerprint density at radius 2 is 1.74 bits per heavy atom. The first kappa shape index (κ1) is 18.7. The third kappa shape index (κ3) is 4.54. The summed E-state index contributed by atoms with van der Waals surface area (Å²) in [6.07, 6.45) is 0.250. The average molecular weight is 392 g/mol. The van der Waals surface area contributed by atoms with Crippen LogP contribution in [-0.2, 0) is 21.2 Å². The Morgan fingerprint density at radius 1 is 1.04 bits per heavy atom. The lowest BCUT2D eigenvalue weighted by Crippen LogP contribution is -2.41. The van der Waals surface area contributed by atoms with E-state index in [-0.39, 0.29) is 23.7 Å². The number of benzene rings is 2. The Morgan fingerprint density at radius 3 is 2.44 bits per heavy atom. The number of hydrazine groups is 1. The molecule has 1 aliphatic heterocycles. The van der Waals surface area contributed by atoms with Crippen molar-refractivity contribution < 1.29 is 32.6 Å². The summed E-state index contributed by atoms with van der Waals surface area (Å²) in [5.74, 6) is -0.674. The van der Waals surface area contributed by atoms with Crippen LogP contribution in [0, 0.1) is 0 Å². The van der Waals surface area contributed by atoms with Crippen molar-refractivity contribution >= 4 is 21.9 Å². The number of hydrogen-bond donors (Lipinski definition) is 3. The van der Waals surface area contributed by atoms with Crippen molar-refractivity contribution in [2.75, 3.05) is 6.79 Å². The predicted molar refractivity (Wildman–Crippen MR) is 92.8 cm³/mol. The van der Waals surface area contributed by atoms with Gasteiger partial charge in [0.05, 0.1) is 4.90 Å². The van der Waals surface area contributed by atoms with Gasteiger partial charge in [-0.3, -0.25) is 15.0 Å². The van der Waals surface area contributed by atoms with Crippen molar-refractivity contribution in [2.45, 2.75) is 17.7 Å². The third-order valence-electron chi connectivity index (χ3n) is 3.79. The van der Waals surface area contributed by atoms with Gasteiger partial charge in [0.25, 0.3) is 15.9 Å². The van der Waals surface area contributed by atoms with E-state index >= 15 is 0 Å². The van der Waals surface area contributed by atoms with Crippen molar-refractivity contribution in [3.63, 3.8) is 0 Å². The first-order valence-corrected chi connectivity index (χ1v) is 9.36. The van der Waals surface area contributed by atoms with Gasteiger partial charge >= 0.3 is 5.97 Å². The Balaban J connectivity index is 1.62. The van der Waals surface area contributed by atoms with Crippen LogP contribution in [0.15, 0.2) is 47.4 Å². The molecule has 0 saturated carbocycles. The minimum absolute atomic E-state index is 0.0457. The van der Waals surface area contributed by atoms with Crippen molar-refractivity contribution in [3.8, 4) is 11.5 Å². The predicted octanol–water partition coefficient (Wildman–Crippen LogP) is 1.06. The van der Waals surface area contributed by atoms with Crippen LogP contribution in [-0.4, -0.2) is 32.2 Å². The molecule has 1 heterocycles. The topological polar surface area (TPSA) is 131 Å². The van der Waals surface area contributed by atoms with E-state index in [1.807, 2.05) is 4.83 Å². The molecule has 3 rings (SSSR count). The first-order chi connectivity index (χ1) is 12.8. The van der Waals surface area contributed by atoms with Gasteiger partial charge in [-0.1, -0.05) is 12.1 Å². The van der Waals surface area contributed by atoms with Gasteiger partial charge in [-0.05, 0) is 42.3 Å². The standard InChI is InChI=1S/C17H16N2O7S/c20-16(21)8-3-11-1-5-13(6-2-11)27(23,24)19-18-17(22)12-4-7-14-15(9-12)26-10-25-14/h1-2,4-7,9,19H,3,8,10H2,(H,18,22)(H,20,21). The lowest BCUT2D eigenvalue weighted by Gasteiger charge is -2.09. The van der Waals surface area contributed by atoms with Gasteiger partial charge in [-0.25, -0.2) is 8.42 Å². The van der Waals surface area contributed by atoms with Gasteiger partial charge in [0.2, 0.25) is 6.79 Å². The molecule has 0 radical (unpaired) electrons. The largest absolute Gasteiger partial charge is 0.481 e. The van der Waals surface area contributed by atoms with E-state index < -0.39 is 21.9 Å². The number of rotatable bonds is 7. The fourth-order valence-corrected chi connectivity index (χ4v) is 3.21. The van der Waals surface area contributed by atoms with Crippen molar-refractivity contribution in [1.29, 1.82) is 0 Å². The molecule has 1 amide bonds. The zero-order valence-electron chi connectivity index (χ0n) is 14.0. The molecule has 142 valence electrons. The Bertz CT molecular complexity index is 971. The monoisotopic (exact) mass is 392 g/mol. The maximum Gasteiger partial charge on any atom is 0.303 e. The third-order valence-corrected chi connectivity index (χ3v) is 5.06. The number of fused-ring (bicyclic) bond motifs is 1. The smallest absolute Gasteiger partial charge is 0.303 e. The highest BCUT2D eigenvalue weighted by Crippen LogP contribution is 2.32. The molecule has 0 atom stereocenters. The summed E-state index contributed by atoms with van der Waals surface area (Å²) in [5, 5.41) is 8.67. The second kappa shape index (κ2) is 7.64. The summed E-state index contributed by atoms with van der Waals surface area (Å²) >= 11 is 0. The van der Waals surface area contributed by atoms with Crippen molar-refractivity contribution in [1.82, 2.24) is 10.3 Å². The van der Waals surface area contributed by atoms with Gasteiger partial charge in [-0.2, -0.15) is 0 Å². The first-order valence-electron chi connectivity index (χ1n) is 7.88. The minimum atomic E-state index is -3.98. The number of hydrogen-bond acceptors (Lipinski definition) is 6. The highest BCUT2D eigenvalue weighted by atomic mass is 32.2. The Hall–Kier alpha value is -3.11. The van der Waals surface area contributed by atoms with E-state index in [1.54, 1.807) is 6.07 Å². The molecule has 1 aliphatic rings. The quantitative estimate of drug-likeness (QED) is 0.600. The molecular formula is C17H16N2O7S. The van der Waals surface area contributed by atoms with Gasteiger partial charge in [0.15, 0.2) is 11.5 Å². The molecule has 9 nitrogen and oxygen atoms in total. The van der Waals surface area contributed by atoms with Crippen LogP contribution >= 0.6 is 0 Å². The number of aryl methyl sites for hydroxylation is 1. The zero-order valence-corrected chi connectivity index (χ0v) is 14.8. The normalized spacial score (nSPS) is 12.6. The molecule has 27 heavy (non-hydrogen) atoms.